The number of rotatable bonds is 3. The molecule has 1 aliphatic heterocycles. The molecule has 148 valence electrons. The Labute approximate surface area is 171 Å². The summed E-state index contributed by atoms with van der Waals surface area (Å²) in [4.78, 5) is 19.4. The quantitative estimate of drug-likeness (QED) is 0.332. The topological polar surface area (TPSA) is 94.0 Å². The van der Waals surface area contributed by atoms with Gasteiger partial charge in [0.2, 0.25) is 11.7 Å². The van der Waals surface area contributed by atoms with E-state index in [1.54, 1.807) is 6.20 Å². The first-order valence-corrected chi connectivity index (χ1v) is 9.99. The fraction of sp³-hybridized carbons (Fsp3) is 0.125. The van der Waals surface area contributed by atoms with Gasteiger partial charge in [-0.25, -0.2) is 0 Å². The van der Waals surface area contributed by atoms with Crippen LogP contribution in [0.25, 0.3) is 32.9 Å². The summed E-state index contributed by atoms with van der Waals surface area (Å²) in [6.45, 7) is 0.862. The molecule has 0 amide bonds. The average molecular weight is 397 g/mol. The van der Waals surface area contributed by atoms with Crippen LogP contribution in [0, 0.1) is 0 Å². The SMILES string of the molecule is O=C(c1c(O)[nH]c(O)c1-c1c[nH]c2ccccc12)c1cn2c3c(cccc13)CCC2. The normalized spacial score (nSPS) is 13.3. The summed E-state index contributed by atoms with van der Waals surface area (Å²) in [5.74, 6) is -0.869. The fourth-order valence-electron chi connectivity index (χ4n) is 4.81. The van der Waals surface area contributed by atoms with E-state index in [1.807, 2.05) is 42.6 Å². The molecule has 0 bridgehead atoms. The van der Waals surface area contributed by atoms with Crippen molar-refractivity contribution in [3.05, 3.63) is 71.5 Å². The van der Waals surface area contributed by atoms with E-state index < -0.39 is 0 Å². The van der Waals surface area contributed by atoms with Crippen LogP contribution < -0.4 is 0 Å². The van der Waals surface area contributed by atoms with E-state index in [2.05, 4.69) is 20.6 Å². The number of aryl methyl sites for hydroxylation is 2. The molecule has 4 N–H and O–H groups in total. The standard InChI is InChI=1S/C24H19N3O3/c28-22(17-12-27-10-4-6-13-5-3-8-15(17)21(13)27)20-19(23(29)26-24(20)30)16-11-25-18-9-2-1-7-14(16)18/h1-3,5,7-9,11-12,25-26,29-30H,4,6,10H2. The van der Waals surface area contributed by atoms with E-state index in [1.165, 1.54) is 5.56 Å². The number of benzene rings is 2. The zero-order chi connectivity index (χ0) is 20.4. The van der Waals surface area contributed by atoms with Gasteiger partial charge >= 0.3 is 0 Å². The monoisotopic (exact) mass is 397 g/mol. The van der Waals surface area contributed by atoms with Gasteiger partial charge in [-0.1, -0.05) is 36.4 Å². The molecule has 0 saturated carbocycles. The molecule has 30 heavy (non-hydrogen) atoms. The predicted molar refractivity (Wildman–Crippen MR) is 115 cm³/mol. The lowest BCUT2D eigenvalue weighted by molar-refractivity contribution is 0.103. The van der Waals surface area contributed by atoms with Crippen LogP contribution in [0.2, 0.25) is 0 Å². The van der Waals surface area contributed by atoms with Crippen molar-refractivity contribution in [3.8, 4) is 22.9 Å². The van der Waals surface area contributed by atoms with Crippen LogP contribution in [0.3, 0.4) is 0 Å². The van der Waals surface area contributed by atoms with Crippen molar-refractivity contribution in [2.75, 3.05) is 0 Å². The molecule has 6 nitrogen and oxygen atoms in total. The van der Waals surface area contributed by atoms with E-state index >= 15 is 0 Å². The molecular weight excluding hydrogens is 378 g/mol. The van der Waals surface area contributed by atoms with Crippen molar-refractivity contribution in [2.45, 2.75) is 19.4 Å². The van der Waals surface area contributed by atoms with Crippen molar-refractivity contribution >= 4 is 27.6 Å². The van der Waals surface area contributed by atoms with Gasteiger partial charge in [0.05, 0.1) is 16.6 Å². The highest BCUT2D eigenvalue weighted by Crippen LogP contribution is 2.43. The third-order valence-electron chi connectivity index (χ3n) is 6.12. The Morgan fingerprint density at radius 1 is 1.00 bits per heavy atom. The number of aromatic hydroxyl groups is 2. The van der Waals surface area contributed by atoms with Gasteiger partial charge in [0.25, 0.3) is 0 Å². The smallest absolute Gasteiger partial charge is 0.203 e. The molecule has 0 fully saturated rings. The van der Waals surface area contributed by atoms with Gasteiger partial charge in [-0.15, -0.1) is 0 Å². The first kappa shape index (κ1) is 17.0. The van der Waals surface area contributed by atoms with Crippen LogP contribution in [0.4, 0.5) is 0 Å². The molecule has 0 radical (unpaired) electrons. The minimum atomic E-state index is -0.329. The van der Waals surface area contributed by atoms with Crippen molar-refractivity contribution in [2.24, 2.45) is 0 Å². The number of ketones is 1. The molecule has 6 heteroatoms. The minimum absolute atomic E-state index is 0.0842. The second kappa shape index (κ2) is 6.03. The number of aromatic nitrogens is 3. The Bertz CT molecular complexity index is 1470. The summed E-state index contributed by atoms with van der Waals surface area (Å²) in [6, 6.07) is 13.7. The molecule has 0 aliphatic carbocycles. The van der Waals surface area contributed by atoms with Gasteiger partial charge < -0.3 is 19.8 Å². The van der Waals surface area contributed by atoms with Crippen molar-refractivity contribution in [3.63, 3.8) is 0 Å². The lowest BCUT2D eigenvalue weighted by Crippen LogP contribution is -2.06. The first-order chi connectivity index (χ1) is 14.6. The summed E-state index contributed by atoms with van der Waals surface area (Å²) in [6.07, 6.45) is 5.65. The lowest BCUT2D eigenvalue weighted by Gasteiger charge is -2.14. The molecule has 0 saturated heterocycles. The van der Waals surface area contributed by atoms with Crippen LogP contribution >= 0.6 is 0 Å². The van der Waals surface area contributed by atoms with Crippen LogP contribution in [0.15, 0.2) is 54.9 Å². The number of para-hydroxylation sites is 2. The number of nitrogens with zero attached hydrogens (tertiary/aromatic N) is 1. The number of fused-ring (bicyclic) bond motifs is 1. The number of hydrogen-bond donors (Lipinski definition) is 4. The Morgan fingerprint density at radius 3 is 2.73 bits per heavy atom. The Balaban J connectivity index is 1.59. The second-order valence-corrected chi connectivity index (χ2v) is 7.80. The number of aromatic amines is 2. The maximum absolute atomic E-state index is 13.7. The summed E-state index contributed by atoms with van der Waals surface area (Å²) >= 11 is 0. The van der Waals surface area contributed by atoms with Crippen molar-refractivity contribution < 1.29 is 15.0 Å². The third-order valence-corrected chi connectivity index (χ3v) is 6.12. The van der Waals surface area contributed by atoms with E-state index in [4.69, 9.17) is 0 Å². The van der Waals surface area contributed by atoms with Gasteiger partial charge in [-0.3, -0.25) is 9.78 Å². The highest BCUT2D eigenvalue weighted by atomic mass is 16.3. The number of H-pyrrole nitrogens is 2. The summed E-state index contributed by atoms with van der Waals surface area (Å²) in [7, 11) is 0. The van der Waals surface area contributed by atoms with Crippen LogP contribution in [0.5, 0.6) is 11.8 Å². The Kier molecular flexibility index (Phi) is 3.41. The van der Waals surface area contributed by atoms with Gasteiger partial charge in [0.15, 0.2) is 5.88 Å². The molecule has 1 aliphatic rings. The summed E-state index contributed by atoms with van der Waals surface area (Å²) in [5.41, 5.74) is 4.79. The van der Waals surface area contributed by atoms with Crippen LogP contribution in [-0.4, -0.2) is 30.5 Å². The fourth-order valence-corrected chi connectivity index (χ4v) is 4.81. The molecule has 0 spiro atoms. The average Bonchev–Trinajstić information content (AvgIpc) is 3.42. The summed E-state index contributed by atoms with van der Waals surface area (Å²) in [5, 5.41) is 22.9. The molecule has 6 rings (SSSR count). The molecule has 0 atom stereocenters. The van der Waals surface area contributed by atoms with E-state index in [-0.39, 0.29) is 23.1 Å². The largest absolute Gasteiger partial charge is 0.494 e. The molecule has 3 aromatic heterocycles. The number of carbonyl (C=O) groups is 1. The van der Waals surface area contributed by atoms with E-state index in [9.17, 15) is 15.0 Å². The second-order valence-electron chi connectivity index (χ2n) is 7.80. The third kappa shape index (κ3) is 2.21. The molecule has 2 aromatic carbocycles. The molecule has 0 unspecified atom stereocenters. The number of hydrogen-bond acceptors (Lipinski definition) is 3. The van der Waals surface area contributed by atoms with Crippen LogP contribution in [-0.2, 0) is 13.0 Å². The minimum Gasteiger partial charge on any atom is -0.494 e. The van der Waals surface area contributed by atoms with Crippen molar-refractivity contribution in [1.29, 1.82) is 0 Å². The Hall–Kier alpha value is -3.93. The van der Waals surface area contributed by atoms with Gasteiger partial charge in [0, 0.05) is 46.4 Å². The van der Waals surface area contributed by atoms with Gasteiger partial charge in [-0.2, -0.15) is 0 Å². The molecule has 4 heterocycles. The zero-order valence-corrected chi connectivity index (χ0v) is 16.1. The first-order valence-electron chi connectivity index (χ1n) is 9.99. The van der Waals surface area contributed by atoms with Gasteiger partial charge in [-0.05, 0) is 24.5 Å². The maximum Gasteiger partial charge on any atom is 0.203 e. The zero-order valence-electron chi connectivity index (χ0n) is 16.1. The lowest BCUT2D eigenvalue weighted by atomic mass is 9.95. The number of carbonyl (C=O) groups excluding carboxylic acids is 1. The van der Waals surface area contributed by atoms with E-state index in [0.717, 1.165) is 41.2 Å². The molecule has 5 aromatic rings. The maximum atomic E-state index is 13.7. The van der Waals surface area contributed by atoms with Crippen molar-refractivity contribution in [1.82, 2.24) is 14.5 Å². The highest BCUT2D eigenvalue weighted by Gasteiger charge is 2.29. The Morgan fingerprint density at radius 2 is 1.83 bits per heavy atom. The molecular formula is C24H19N3O3. The highest BCUT2D eigenvalue weighted by molar-refractivity contribution is 6.22. The predicted octanol–water partition coefficient (Wildman–Crippen LogP) is 4.71. The number of nitrogens with one attached hydrogen (secondary N) is 2. The van der Waals surface area contributed by atoms with E-state index in [0.29, 0.717) is 16.7 Å². The van der Waals surface area contributed by atoms with Gasteiger partial charge in [0.1, 0.15) is 0 Å². The summed E-state index contributed by atoms with van der Waals surface area (Å²) < 4.78 is 2.12. The van der Waals surface area contributed by atoms with Crippen LogP contribution in [0.1, 0.15) is 27.9 Å².